The van der Waals surface area contributed by atoms with E-state index in [2.05, 4.69) is 15.0 Å². The molecule has 27 heavy (non-hydrogen) atoms. The molecule has 3 rings (SSSR count). The molecule has 2 N–H and O–H groups in total. The van der Waals surface area contributed by atoms with Crippen molar-refractivity contribution >= 4 is 0 Å². The minimum Gasteiger partial charge on any atom is -0.508 e. The molecular formula is C20H23F3N2O2. The lowest BCUT2D eigenvalue weighted by Gasteiger charge is -2.37. The molecule has 0 amide bonds. The van der Waals surface area contributed by atoms with Crippen molar-refractivity contribution in [2.75, 3.05) is 26.2 Å². The number of nitrogens with one attached hydrogen (secondary N) is 1. The van der Waals surface area contributed by atoms with E-state index < -0.39 is 6.36 Å². The van der Waals surface area contributed by atoms with Gasteiger partial charge in [0, 0.05) is 26.2 Å². The molecule has 4 nitrogen and oxygen atoms in total. The van der Waals surface area contributed by atoms with Gasteiger partial charge in [0.15, 0.2) is 0 Å². The van der Waals surface area contributed by atoms with E-state index in [0.717, 1.165) is 48.4 Å². The normalized spacial score (nSPS) is 16.9. The van der Waals surface area contributed by atoms with Gasteiger partial charge < -0.3 is 15.2 Å². The Kier molecular flexibility index (Phi) is 5.62. The topological polar surface area (TPSA) is 44.7 Å². The monoisotopic (exact) mass is 380 g/mol. The molecule has 7 heteroatoms. The van der Waals surface area contributed by atoms with Crippen LogP contribution in [-0.2, 0) is 0 Å². The number of nitrogens with zero attached hydrogens (tertiary/aromatic N) is 1. The Hall–Kier alpha value is -2.25. The summed E-state index contributed by atoms with van der Waals surface area (Å²) < 4.78 is 41.3. The maximum Gasteiger partial charge on any atom is 0.573 e. The molecule has 2 aromatic rings. The zero-order valence-corrected chi connectivity index (χ0v) is 15.3. The molecular weight excluding hydrogens is 357 g/mol. The number of ether oxygens (including phenoxy) is 1. The van der Waals surface area contributed by atoms with Crippen LogP contribution in [0.2, 0.25) is 0 Å². The van der Waals surface area contributed by atoms with Crippen molar-refractivity contribution in [2.45, 2.75) is 26.3 Å². The molecule has 1 atom stereocenters. The summed E-state index contributed by atoms with van der Waals surface area (Å²) in [4.78, 5) is 2.31. The van der Waals surface area contributed by atoms with Gasteiger partial charge in [-0.1, -0.05) is 12.1 Å². The Morgan fingerprint density at radius 1 is 1.04 bits per heavy atom. The molecule has 1 heterocycles. The lowest BCUT2D eigenvalue weighted by atomic mass is 9.89. The van der Waals surface area contributed by atoms with Crippen LogP contribution in [-0.4, -0.2) is 42.5 Å². The minimum atomic E-state index is -4.70. The quantitative estimate of drug-likeness (QED) is 0.845. The number of rotatable bonds is 4. The zero-order valence-electron chi connectivity index (χ0n) is 15.3. The van der Waals surface area contributed by atoms with Gasteiger partial charge in [-0.3, -0.25) is 4.90 Å². The molecule has 0 radical (unpaired) electrons. The van der Waals surface area contributed by atoms with Crippen LogP contribution in [0.3, 0.4) is 0 Å². The molecule has 146 valence electrons. The summed E-state index contributed by atoms with van der Waals surface area (Å²) in [6.07, 6.45) is -4.70. The highest BCUT2D eigenvalue weighted by atomic mass is 19.4. The van der Waals surface area contributed by atoms with E-state index in [9.17, 15) is 18.3 Å². The Morgan fingerprint density at radius 3 is 2.11 bits per heavy atom. The number of halogens is 3. The molecule has 0 saturated carbocycles. The fraction of sp³-hybridized carbons (Fsp3) is 0.400. The third-order valence-corrected chi connectivity index (χ3v) is 4.80. The van der Waals surface area contributed by atoms with Gasteiger partial charge in [-0.25, -0.2) is 0 Å². The van der Waals surface area contributed by atoms with Crippen LogP contribution >= 0.6 is 0 Å². The first-order chi connectivity index (χ1) is 12.7. The van der Waals surface area contributed by atoms with Gasteiger partial charge in [-0.2, -0.15) is 0 Å². The molecule has 1 aliphatic rings. The predicted molar refractivity (Wildman–Crippen MR) is 97.0 cm³/mol. The van der Waals surface area contributed by atoms with E-state index in [1.807, 2.05) is 13.8 Å². The largest absolute Gasteiger partial charge is 0.573 e. The first kappa shape index (κ1) is 19.5. The Morgan fingerprint density at radius 2 is 1.59 bits per heavy atom. The second-order valence-corrected chi connectivity index (χ2v) is 6.80. The van der Waals surface area contributed by atoms with E-state index in [1.165, 1.54) is 12.1 Å². The number of phenolic OH excluding ortho intramolecular Hbond substituents is 1. The van der Waals surface area contributed by atoms with Gasteiger partial charge in [0.1, 0.15) is 11.5 Å². The first-order valence-electron chi connectivity index (χ1n) is 8.85. The second-order valence-electron chi connectivity index (χ2n) is 6.80. The summed E-state index contributed by atoms with van der Waals surface area (Å²) >= 11 is 0. The number of hydrogen-bond acceptors (Lipinski definition) is 4. The third-order valence-electron chi connectivity index (χ3n) is 4.80. The Balaban J connectivity index is 2.00. The van der Waals surface area contributed by atoms with Gasteiger partial charge in [0.25, 0.3) is 0 Å². The molecule has 1 fully saturated rings. The highest BCUT2D eigenvalue weighted by Gasteiger charge is 2.31. The van der Waals surface area contributed by atoms with E-state index in [4.69, 9.17) is 0 Å². The van der Waals surface area contributed by atoms with Gasteiger partial charge >= 0.3 is 6.36 Å². The van der Waals surface area contributed by atoms with Crippen molar-refractivity contribution in [1.82, 2.24) is 10.2 Å². The van der Waals surface area contributed by atoms with E-state index in [1.54, 1.807) is 24.3 Å². The SMILES string of the molecule is Cc1cc(O)cc(C)c1[C@H](c1ccc(OC(F)(F)F)cc1)N1CCNCC1. The standard InChI is InChI=1S/C20H23F3N2O2/c1-13-11-16(26)12-14(2)18(13)19(25-9-7-24-8-10-25)15-3-5-17(6-4-15)27-20(21,22)23/h3-6,11-12,19,24,26H,7-10H2,1-2H3/t19-/m0/s1. The number of phenols is 1. The number of alkyl halides is 3. The molecule has 0 unspecified atom stereocenters. The van der Waals surface area contributed by atoms with Crippen molar-refractivity contribution < 1.29 is 23.0 Å². The minimum absolute atomic E-state index is 0.104. The molecule has 0 spiro atoms. The van der Waals surface area contributed by atoms with Crippen molar-refractivity contribution in [1.29, 1.82) is 0 Å². The summed E-state index contributed by atoms with van der Waals surface area (Å²) in [7, 11) is 0. The highest BCUT2D eigenvalue weighted by Crippen LogP contribution is 2.36. The number of hydrogen-bond donors (Lipinski definition) is 2. The number of benzene rings is 2. The van der Waals surface area contributed by atoms with Crippen LogP contribution in [0.15, 0.2) is 36.4 Å². The fourth-order valence-corrected chi connectivity index (χ4v) is 3.74. The zero-order chi connectivity index (χ0) is 19.6. The lowest BCUT2D eigenvalue weighted by Crippen LogP contribution is -2.45. The van der Waals surface area contributed by atoms with Crippen LogP contribution < -0.4 is 10.1 Å². The van der Waals surface area contributed by atoms with Gasteiger partial charge in [-0.05, 0) is 60.4 Å². The van der Waals surface area contributed by atoms with Gasteiger partial charge in [0.2, 0.25) is 0 Å². The molecule has 0 aliphatic carbocycles. The molecule has 2 aromatic carbocycles. The Labute approximate surface area is 156 Å². The van der Waals surface area contributed by atoms with Crippen LogP contribution in [0.4, 0.5) is 13.2 Å². The van der Waals surface area contributed by atoms with Crippen molar-refractivity contribution in [2.24, 2.45) is 0 Å². The van der Waals surface area contributed by atoms with Crippen LogP contribution in [0.5, 0.6) is 11.5 Å². The summed E-state index contributed by atoms with van der Waals surface area (Å²) in [5.74, 6) is -0.0220. The van der Waals surface area contributed by atoms with E-state index in [-0.39, 0.29) is 17.5 Å². The number of aryl methyl sites for hydroxylation is 2. The smallest absolute Gasteiger partial charge is 0.508 e. The van der Waals surface area contributed by atoms with E-state index >= 15 is 0 Å². The summed E-state index contributed by atoms with van der Waals surface area (Å²) in [5.41, 5.74) is 3.86. The predicted octanol–water partition coefficient (Wildman–Crippen LogP) is 3.90. The van der Waals surface area contributed by atoms with Crippen LogP contribution in [0, 0.1) is 13.8 Å². The summed E-state index contributed by atoms with van der Waals surface area (Å²) in [6, 6.07) is 9.40. The third kappa shape index (κ3) is 4.73. The van der Waals surface area contributed by atoms with Crippen LogP contribution in [0.1, 0.15) is 28.3 Å². The molecule has 0 bridgehead atoms. The average molecular weight is 380 g/mol. The molecule has 0 aromatic heterocycles. The maximum absolute atomic E-state index is 12.4. The van der Waals surface area contributed by atoms with Crippen LogP contribution in [0.25, 0.3) is 0 Å². The second kappa shape index (κ2) is 7.78. The van der Waals surface area contributed by atoms with Crippen molar-refractivity contribution in [3.63, 3.8) is 0 Å². The van der Waals surface area contributed by atoms with Crippen molar-refractivity contribution in [3.8, 4) is 11.5 Å². The molecule has 1 aliphatic heterocycles. The molecule has 1 saturated heterocycles. The summed E-state index contributed by atoms with van der Waals surface area (Å²) in [6.45, 7) is 7.23. The van der Waals surface area contributed by atoms with Gasteiger partial charge in [-0.15, -0.1) is 13.2 Å². The Bertz CT molecular complexity index is 762. The van der Waals surface area contributed by atoms with E-state index in [0.29, 0.717) is 0 Å². The lowest BCUT2D eigenvalue weighted by molar-refractivity contribution is -0.274. The average Bonchev–Trinajstić information content (AvgIpc) is 2.58. The van der Waals surface area contributed by atoms with Gasteiger partial charge in [0.05, 0.1) is 6.04 Å². The first-order valence-corrected chi connectivity index (χ1v) is 8.85. The number of aromatic hydroxyl groups is 1. The fourth-order valence-electron chi connectivity index (χ4n) is 3.74. The maximum atomic E-state index is 12.4. The number of piperazine rings is 1. The summed E-state index contributed by atoms with van der Waals surface area (Å²) in [5, 5.41) is 13.2. The van der Waals surface area contributed by atoms with Crippen molar-refractivity contribution in [3.05, 3.63) is 58.7 Å². The highest BCUT2D eigenvalue weighted by molar-refractivity contribution is 5.47.